The van der Waals surface area contributed by atoms with E-state index in [1.54, 1.807) is 13.8 Å². The zero-order valence-electron chi connectivity index (χ0n) is 14.0. The molecule has 0 bridgehead atoms. The maximum atomic E-state index is 12.4. The van der Waals surface area contributed by atoms with Crippen LogP contribution in [0.2, 0.25) is 0 Å². The summed E-state index contributed by atoms with van der Waals surface area (Å²) in [7, 11) is 0. The largest absolute Gasteiger partial charge is 1.00 e. The van der Waals surface area contributed by atoms with E-state index in [0.29, 0.717) is 0 Å². The molecule has 128 valence electrons. The van der Waals surface area contributed by atoms with E-state index < -0.39 is 45.8 Å². The van der Waals surface area contributed by atoms with Crippen molar-refractivity contribution in [2.75, 3.05) is 0 Å². The van der Waals surface area contributed by atoms with Crippen LogP contribution in [-0.2, 0) is 9.59 Å². The number of amides is 1. The molecule has 1 amide bonds. The Morgan fingerprint density at radius 3 is 2.36 bits per heavy atom. The number of ketones is 1. The summed E-state index contributed by atoms with van der Waals surface area (Å²) in [6.07, 6.45) is -1.56. The number of rotatable bonds is 4. The van der Waals surface area contributed by atoms with Gasteiger partial charge in [0.1, 0.15) is 17.8 Å². The maximum absolute atomic E-state index is 12.4. The zero-order chi connectivity index (χ0) is 17.8. The first kappa shape index (κ1) is 20.9. The summed E-state index contributed by atoms with van der Waals surface area (Å²) >= 11 is 1.24. The van der Waals surface area contributed by atoms with Crippen LogP contribution in [0.1, 0.15) is 24.2 Å². The number of hydrogen-bond donors (Lipinski definition) is 2. The summed E-state index contributed by atoms with van der Waals surface area (Å²) in [5.41, 5.74) is 0.172. The number of Topliss-reactive ketones (excluding diaryl/α,β-unsaturated/α-hetero) is 1. The van der Waals surface area contributed by atoms with Gasteiger partial charge in [-0.05, 0) is 38.1 Å². The van der Waals surface area contributed by atoms with E-state index in [0.717, 1.165) is 0 Å². The Morgan fingerprint density at radius 2 is 1.84 bits per heavy atom. The van der Waals surface area contributed by atoms with Gasteiger partial charge in [-0.2, -0.15) is 0 Å². The molecule has 1 aromatic carbocycles. The molecule has 2 heterocycles. The molecule has 0 saturated carbocycles. The van der Waals surface area contributed by atoms with Gasteiger partial charge in [-0.1, -0.05) is 0 Å². The van der Waals surface area contributed by atoms with Crippen molar-refractivity contribution in [1.29, 1.82) is 0 Å². The van der Waals surface area contributed by atoms with Crippen molar-refractivity contribution in [2.24, 2.45) is 5.92 Å². The maximum Gasteiger partial charge on any atom is 1.00 e. The number of nitrogens with zero attached hydrogens (tertiary/aromatic N) is 1. The minimum absolute atomic E-state index is 0. The second kappa shape index (κ2) is 7.30. The molecule has 2 aliphatic rings. The smallest absolute Gasteiger partial charge is 0.548 e. The van der Waals surface area contributed by atoms with Crippen LogP contribution >= 0.6 is 11.8 Å². The summed E-state index contributed by atoms with van der Waals surface area (Å²) in [5.74, 6) is -3.55. The van der Waals surface area contributed by atoms with Crippen molar-refractivity contribution in [3.8, 4) is 5.75 Å². The third-order valence-corrected chi connectivity index (χ3v) is 6.06. The van der Waals surface area contributed by atoms with Gasteiger partial charge in [0.25, 0.3) is 0 Å². The van der Waals surface area contributed by atoms with E-state index in [1.807, 2.05) is 0 Å². The van der Waals surface area contributed by atoms with Gasteiger partial charge >= 0.3 is 51.4 Å². The predicted octanol–water partition coefficient (Wildman–Crippen LogP) is -3.63. The number of phenolic OH excluding ortho intramolecular Hbond substituents is 1. The molecule has 1 aromatic rings. The topological polar surface area (TPSA) is 118 Å². The Morgan fingerprint density at radius 1 is 1.28 bits per heavy atom. The fraction of sp³-hybridized carbons (Fsp3) is 0.438. The number of carboxylic acids is 1. The van der Waals surface area contributed by atoms with E-state index >= 15 is 0 Å². The zero-order valence-corrected chi connectivity index (χ0v) is 17.9. The summed E-state index contributed by atoms with van der Waals surface area (Å²) < 4.78 is -0.769. The quantitative estimate of drug-likeness (QED) is 0.310. The number of aliphatic hydroxyl groups is 1. The normalized spacial score (nSPS) is 27.7. The predicted molar refractivity (Wildman–Crippen MR) is 83.0 cm³/mol. The van der Waals surface area contributed by atoms with E-state index in [1.165, 1.54) is 40.9 Å². The van der Waals surface area contributed by atoms with Crippen LogP contribution in [0.3, 0.4) is 0 Å². The fourth-order valence-corrected chi connectivity index (χ4v) is 4.99. The number of aliphatic hydroxyl groups excluding tert-OH is 1. The molecule has 7 nitrogen and oxygen atoms in total. The van der Waals surface area contributed by atoms with Gasteiger partial charge in [0.15, 0.2) is 5.78 Å². The molecule has 0 radical (unpaired) electrons. The second-order valence-electron chi connectivity index (χ2n) is 6.46. The van der Waals surface area contributed by atoms with Gasteiger partial charge < -0.3 is 25.0 Å². The van der Waals surface area contributed by atoms with Crippen LogP contribution in [-0.4, -0.2) is 55.0 Å². The number of aliphatic carboxylic acids is 1. The molecule has 2 N–H and O–H groups in total. The minimum atomic E-state index is -1.56. The first-order valence-corrected chi connectivity index (χ1v) is 8.25. The van der Waals surface area contributed by atoms with Gasteiger partial charge in [-0.25, -0.2) is 0 Å². The molecule has 4 atom stereocenters. The Hall–Kier alpha value is -0.424. The summed E-state index contributed by atoms with van der Waals surface area (Å²) in [5, 5.41) is 30.4. The molecule has 2 fully saturated rings. The number of carboxylic acid groups (broad SMARTS) is 1. The average molecular weight is 389 g/mol. The van der Waals surface area contributed by atoms with Gasteiger partial charge in [-0.15, -0.1) is 11.8 Å². The molecular formula is C16H16KNO6S. The van der Waals surface area contributed by atoms with Crippen LogP contribution in [0, 0.1) is 5.92 Å². The van der Waals surface area contributed by atoms with Gasteiger partial charge in [0.2, 0.25) is 5.91 Å². The minimum Gasteiger partial charge on any atom is -0.548 e. The third kappa shape index (κ3) is 3.43. The SMILES string of the molecule is CC1(C)S[C@@H]2[C@H]([C@H](O)C(=O)c3ccc(O)cc3)C(=O)N2[C@H]1C(=O)[O-].[K+]. The molecule has 3 rings (SSSR count). The molecule has 0 aliphatic carbocycles. The molecule has 9 heteroatoms. The number of fused-ring (bicyclic) bond motifs is 1. The van der Waals surface area contributed by atoms with Crippen LogP contribution in [0.4, 0.5) is 0 Å². The van der Waals surface area contributed by atoms with Crippen LogP contribution in [0.5, 0.6) is 5.75 Å². The van der Waals surface area contributed by atoms with Crippen LogP contribution in [0.15, 0.2) is 24.3 Å². The van der Waals surface area contributed by atoms with Gasteiger partial charge in [0.05, 0.1) is 17.4 Å². The summed E-state index contributed by atoms with van der Waals surface area (Å²) in [6, 6.07) is 4.25. The van der Waals surface area contributed by atoms with Gasteiger partial charge in [0, 0.05) is 10.3 Å². The fourth-order valence-electron chi connectivity index (χ4n) is 3.27. The molecular weight excluding hydrogens is 373 g/mol. The second-order valence-corrected chi connectivity index (χ2v) is 8.23. The van der Waals surface area contributed by atoms with Crippen molar-refractivity contribution in [2.45, 2.75) is 36.1 Å². The molecule has 25 heavy (non-hydrogen) atoms. The van der Waals surface area contributed by atoms with E-state index in [9.17, 15) is 29.7 Å². The van der Waals surface area contributed by atoms with Crippen LogP contribution in [0.25, 0.3) is 0 Å². The van der Waals surface area contributed by atoms with E-state index in [-0.39, 0.29) is 62.7 Å². The molecule has 0 aromatic heterocycles. The van der Waals surface area contributed by atoms with Crippen molar-refractivity contribution in [3.63, 3.8) is 0 Å². The molecule has 2 saturated heterocycles. The number of carbonyl (C=O) groups is 3. The third-order valence-electron chi connectivity index (χ3n) is 4.47. The van der Waals surface area contributed by atoms with Crippen molar-refractivity contribution in [3.05, 3.63) is 29.8 Å². The first-order chi connectivity index (χ1) is 11.1. The number of phenols is 1. The Kier molecular flexibility index (Phi) is 6.10. The number of benzene rings is 1. The van der Waals surface area contributed by atoms with Crippen molar-refractivity contribution >= 4 is 29.4 Å². The average Bonchev–Trinajstić information content (AvgIpc) is 2.75. The first-order valence-electron chi connectivity index (χ1n) is 7.37. The number of carbonyl (C=O) groups excluding carboxylic acids is 3. The van der Waals surface area contributed by atoms with Gasteiger partial charge in [-0.3, -0.25) is 9.59 Å². The Labute approximate surface area is 191 Å². The molecule has 0 unspecified atom stereocenters. The standard InChI is InChI=1S/C16H17NO6S.K/c1-16(2)12(15(22)23)17-13(21)9(14(17)24-16)11(20)10(19)7-3-5-8(18)6-4-7;/h3-6,9,11-12,14,18,20H,1-2H3,(H,22,23);/q;+1/p-1/t9-,11+,12+,14-;/m1./s1. The van der Waals surface area contributed by atoms with E-state index in [2.05, 4.69) is 0 Å². The monoisotopic (exact) mass is 389 g/mol. The van der Waals surface area contributed by atoms with E-state index in [4.69, 9.17) is 0 Å². The number of aromatic hydroxyl groups is 1. The number of thioether (sulfide) groups is 1. The Balaban J connectivity index is 0.00000225. The van der Waals surface area contributed by atoms with Crippen molar-refractivity contribution in [1.82, 2.24) is 4.90 Å². The van der Waals surface area contributed by atoms with Crippen molar-refractivity contribution < 1.29 is 81.1 Å². The molecule has 0 spiro atoms. The molecule has 2 aliphatic heterocycles. The summed E-state index contributed by atoms with van der Waals surface area (Å²) in [6.45, 7) is 3.38. The number of β-lactam (4-membered cyclic amide) rings is 1. The van der Waals surface area contributed by atoms with Crippen LogP contribution < -0.4 is 56.5 Å². The Bertz CT molecular complexity index is 722. The number of hydrogen-bond acceptors (Lipinski definition) is 7. The summed E-state index contributed by atoms with van der Waals surface area (Å²) in [4.78, 5) is 37.2.